The molecule has 2 aromatic rings. The van der Waals surface area contributed by atoms with Crippen LogP contribution in [-0.2, 0) is 4.79 Å². The average Bonchev–Trinajstić information content (AvgIpc) is 2.56. The minimum absolute atomic E-state index is 0.0829. The fourth-order valence-electron chi connectivity index (χ4n) is 2.64. The van der Waals surface area contributed by atoms with Crippen molar-refractivity contribution in [3.8, 4) is 5.75 Å². The second kappa shape index (κ2) is 6.65. The molecule has 0 aromatic heterocycles. The SMILES string of the molecule is CCN1C(=O)C(C)Oc2ccc(NC(=O)c3cccc(Br)c3)cc21. The monoisotopic (exact) mass is 388 g/mol. The summed E-state index contributed by atoms with van der Waals surface area (Å²) in [5.41, 5.74) is 1.84. The van der Waals surface area contributed by atoms with E-state index in [1.807, 2.05) is 13.0 Å². The van der Waals surface area contributed by atoms with Crippen molar-refractivity contribution >= 4 is 39.1 Å². The van der Waals surface area contributed by atoms with Crippen molar-refractivity contribution in [3.63, 3.8) is 0 Å². The number of likely N-dealkylation sites (N-methyl/N-ethyl adjacent to an activating group) is 1. The van der Waals surface area contributed by atoms with Crippen molar-refractivity contribution < 1.29 is 14.3 Å². The summed E-state index contributed by atoms with van der Waals surface area (Å²) in [6, 6.07) is 12.5. The van der Waals surface area contributed by atoms with Crippen LogP contribution in [0.3, 0.4) is 0 Å². The number of anilines is 2. The number of halogens is 1. The zero-order valence-electron chi connectivity index (χ0n) is 13.4. The van der Waals surface area contributed by atoms with Crippen LogP contribution < -0.4 is 15.0 Å². The second-order valence-corrected chi connectivity index (χ2v) is 6.41. The fourth-order valence-corrected chi connectivity index (χ4v) is 3.04. The summed E-state index contributed by atoms with van der Waals surface area (Å²) in [5, 5.41) is 2.85. The molecule has 0 saturated heterocycles. The molecule has 6 heteroatoms. The molecule has 24 heavy (non-hydrogen) atoms. The van der Waals surface area contributed by atoms with Gasteiger partial charge in [-0.05, 0) is 50.2 Å². The van der Waals surface area contributed by atoms with Crippen LogP contribution in [0, 0.1) is 0 Å². The Morgan fingerprint density at radius 2 is 2.08 bits per heavy atom. The van der Waals surface area contributed by atoms with E-state index in [9.17, 15) is 9.59 Å². The Morgan fingerprint density at radius 3 is 2.79 bits per heavy atom. The summed E-state index contributed by atoms with van der Waals surface area (Å²) in [6.07, 6.45) is -0.500. The molecule has 1 heterocycles. The molecule has 2 aromatic carbocycles. The Hall–Kier alpha value is -2.34. The van der Waals surface area contributed by atoms with Crippen molar-refractivity contribution in [2.45, 2.75) is 20.0 Å². The summed E-state index contributed by atoms with van der Waals surface area (Å²) in [7, 11) is 0. The first kappa shape index (κ1) is 16.5. The normalized spacial score (nSPS) is 16.4. The van der Waals surface area contributed by atoms with Crippen LogP contribution in [0.4, 0.5) is 11.4 Å². The molecule has 0 spiro atoms. The lowest BCUT2D eigenvalue weighted by Gasteiger charge is -2.32. The molecule has 1 aliphatic heterocycles. The van der Waals surface area contributed by atoms with Gasteiger partial charge in [-0.1, -0.05) is 22.0 Å². The first-order valence-electron chi connectivity index (χ1n) is 7.68. The summed E-state index contributed by atoms with van der Waals surface area (Å²) in [6.45, 7) is 4.19. The highest BCUT2D eigenvalue weighted by atomic mass is 79.9. The number of carbonyl (C=O) groups excluding carboxylic acids is 2. The molecule has 2 amide bonds. The minimum Gasteiger partial charge on any atom is -0.479 e. The molecule has 0 radical (unpaired) electrons. The van der Waals surface area contributed by atoms with Gasteiger partial charge in [0.15, 0.2) is 6.10 Å². The Kier molecular flexibility index (Phi) is 4.57. The maximum atomic E-state index is 12.4. The number of carbonyl (C=O) groups is 2. The predicted octanol–water partition coefficient (Wildman–Crippen LogP) is 3.84. The lowest BCUT2D eigenvalue weighted by molar-refractivity contribution is -0.125. The van der Waals surface area contributed by atoms with Crippen LogP contribution in [0.1, 0.15) is 24.2 Å². The summed E-state index contributed by atoms with van der Waals surface area (Å²) < 4.78 is 6.46. The highest BCUT2D eigenvalue weighted by molar-refractivity contribution is 9.10. The van der Waals surface area contributed by atoms with Gasteiger partial charge >= 0.3 is 0 Å². The molecule has 1 atom stereocenters. The third kappa shape index (κ3) is 3.14. The van der Waals surface area contributed by atoms with Gasteiger partial charge in [0.1, 0.15) is 5.75 Å². The van der Waals surface area contributed by atoms with E-state index in [1.165, 1.54) is 0 Å². The number of benzene rings is 2. The van der Waals surface area contributed by atoms with Crippen molar-refractivity contribution in [1.29, 1.82) is 0 Å². The topological polar surface area (TPSA) is 58.6 Å². The second-order valence-electron chi connectivity index (χ2n) is 5.49. The quantitative estimate of drug-likeness (QED) is 0.868. The van der Waals surface area contributed by atoms with Gasteiger partial charge in [-0.2, -0.15) is 0 Å². The van der Waals surface area contributed by atoms with Crippen LogP contribution in [0.25, 0.3) is 0 Å². The maximum Gasteiger partial charge on any atom is 0.267 e. The number of ether oxygens (including phenoxy) is 1. The molecule has 124 valence electrons. The van der Waals surface area contributed by atoms with Crippen molar-refractivity contribution in [2.75, 3.05) is 16.8 Å². The van der Waals surface area contributed by atoms with E-state index in [0.29, 0.717) is 29.2 Å². The van der Waals surface area contributed by atoms with Gasteiger partial charge in [0.2, 0.25) is 0 Å². The van der Waals surface area contributed by atoms with Crippen LogP contribution in [0.5, 0.6) is 5.75 Å². The Bertz CT molecular complexity index is 807. The van der Waals surface area contributed by atoms with E-state index in [2.05, 4.69) is 21.2 Å². The van der Waals surface area contributed by atoms with E-state index < -0.39 is 6.10 Å². The van der Waals surface area contributed by atoms with E-state index in [0.717, 1.165) is 4.47 Å². The smallest absolute Gasteiger partial charge is 0.267 e. The van der Waals surface area contributed by atoms with Crippen LogP contribution >= 0.6 is 15.9 Å². The van der Waals surface area contributed by atoms with Crippen LogP contribution in [0.15, 0.2) is 46.9 Å². The molecule has 1 N–H and O–H groups in total. The number of nitrogens with zero attached hydrogens (tertiary/aromatic N) is 1. The number of fused-ring (bicyclic) bond motifs is 1. The minimum atomic E-state index is -0.500. The molecule has 1 aliphatic rings. The van der Waals surface area contributed by atoms with E-state index in [-0.39, 0.29) is 11.8 Å². The highest BCUT2D eigenvalue weighted by Crippen LogP contribution is 2.36. The van der Waals surface area contributed by atoms with Gasteiger partial charge in [-0.15, -0.1) is 0 Å². The maximum absolute atomic E-state index is 12.4. The molecule has 3 rings (SSSR count). The summed E-state index contributed by atoms with van der Waals surface area (Å²) in [5.74, 6) is 0.348. The molecular weight excluding hydrogens is 372 g/mol. The lowest BCUT2D eigenvalue weighted by atomic mass is 10.1. The number of hydrogen-bond acceptors (Lipinski definition) is 3. The van der Waals surface area contributed by atoms with Crippen molar-refractivity contribution in [2.24, 2.45) is 0 Å². The first-order chi connectivity index (χ1) is 11.5. The molecule has 0 aliphatic carbocycles. The van der Waals surface area contributed by atoms with Crippen molar-refractivity contribution in [1.82, 2.24) is 0 Å². The van der Waals surface area contributed by atoms with Gasteiger partial charge in [0, 0.05) is 22.3 Å². The van der Waals surface area contributed by atoms with Crippen LogP contribution in [-0.4, -0.2) is 24.5 Å². The van der Waals surface area contributed by atoms with Gasteiger partial charge < -0.3 is 15.0 Å². The zero-order valence-corrected chi connectivity index (χ0v) is 15.0. The number of amides is 2. The Labute approximate surface area is 148 Å². The molecule has 0 fully saturated rings. The largest absolute Gasteiger partial charge is 0.479 e. The third-order valence-electron chi connectivity index (χ3n) is 3.83. The standard InChI is InChI=1S/C18H17BrN2O3/c1-3-21-15-10-14(7-8-16(15)24-11(2)18(21)23)20-17(22)12-5-4-6-13(19)9-12/h4-11H,3H2,1-2H3,(H,20,22). The van der Waals surface area contributed by atoms with Gasteiger partial charge in [0.25, 0.3) is 11.8 Å². The van der Waals surface area contributed by atoms with Gasteiger partial charge in [-0.25, -0.2) is 0 Å². The number of nitrogens with one attached hydrogen (secondary N) is 1. The summed E-state index contributed by atoms with van der Waals surface area (Å²) in [4.78, 5) is 26.2. The molecular formula is C18H17BrN2O3. The van der Waals surface area contributed by atoms with Gasteiger partial charge in [-0.3, -0.25) is 9.59 Å². The first-order valence-corrected chi connectivity index (χ1v) is 8.48. The fraction of sp³-hybridized carbons (Fsp3) is 0.222. The van der Waals surface area contributed by atoms with E-state index in [4.69, 9.17) is 4.74 Å². The molecule has 5 nitrogen and oxygen atoms in total. The van der Waals surface area contributed by atoms with E-state index >= 15 is 0 Å². The van der Waals surface area contributed by atoms with E-state index in [1.54, 1.807) is 48.2 Å². The number of rotatable bonds is 3. The average molecular weight is 389 g/mol. The highest BCUT2D eigenvalue weighted by Gasteiger charge is 2.30. The molecule has 0 saturated carbocycles. The predicted molar refractivity (Wildman–Crippen MR) is 96.7 cm³/mol. The summed E-state index contributed by atoms with van der Waals surface area (Å²) >= 11 is 3.35. The Morgan fingerprint density at radius 1 is 1.29 bits per heavy atom. The van der Waals surface area contributed by atoms with Gasteiger partial charge in [0.05, 0.1) is 5.69 Å². The third-order valence-corrected chi connectivity index (χ3v) is 4.32. The van der Waals surface area contributed by atoms with Crippen molar-refractivity contribution in [3.05, 3.63) is 52.5 Å². The molecule has 0 bridgehead atoms. The Balaban J connectivity index is 1.87. The molecule has 1 unspecified atom stereocenters. The number of hydrogen-bond donors (Lipinski definition) is 1. The zero-order chi connectivity index (χ0) is 17.3. The van der Waals surface area contributed by atoms with Crippen LogP contribution in [0.2, 0.25) is 0 Å². The lowest BCUT2D eigenvalue weighted by Crippen LogP contribution is -2.44.